The van der Waals surface area contributed by atoms with Crippen molar-refractivity contribution in [3.05, 3.63) is 152 Å². The van der Waals surface area contributed by atoms with Crippen molar-refractivity contribution < 1.29 is 0 Å². The van der Waals surface area contributed by atoms with Crippen LogP contribution in [0, 0.1) is 10.4 Å². The van der Waals surface area contributed by atoms with E-state index in [4.69, 9.17) is 0 Å². The van der Waals surface area contributed by atoms with E-state index in [1.807, 2.05) is 0 Å². The first kappa shape index (κ1) is 45.4. The molecule has 0 aliphatic carbocycles. The van der Waals surface area contributed by atoms with Crippen molar-refractivity contribution >= 4 is 15.8 Å². The lowest BCUT2D eigenvalue weighted by molar-refractivity contribution is 0.784. The maximum Gasteiger partial charge on any atom is 0.154 e. The van der Waals surface area contributed by atoms with Gasteiger partial charge in [-0.05, 0) is 91.9 Å². The minimum atomic E-state index is 0.370. The summed E-state index contributed by atoms with van der Waals surface area (Å²) in [6.45, 7) is 37.5. The predicted molar refractivity (Wildman–Crippen MR) is 263 cm³/mol. The summed E-state index contributed by atoms with van der Waals surface area (Å²) in [5, 5.41) is 2.53. The van der Waals surface area contributed by atoms with Crippen LogP contribution in [-0.4, -0.2) is 18.3 Å². The molecular formula is C54H72N4P2. The van der Waals surface area contributed by atoms with Crippen LogP contribution in [0.2, 0.25) is 0 Å². The molecule has 0 amide bonds. The van der Waals surface area contributed by atoms with E-state index in [1.165, 1.54) is 93.4 Å². The van der Waals surface area contributed by atoms with Gasteiger partial charge in [0.05, 0.1) is 22.7 Å². The Hall–Kier alpha value is -4.10. The smallest absolute Gasteiger partial charge is 0.154 e. The van der Waals surface area contributed by atoms with Gasteiger partial charge in [0.2, 0.25) is 0 Å². The average molecular weight is 839 g/mol. The molecule has 0 fully saturated rings. The summed E-state index contributed by atoms with van der Waals surface area (Å²) in [7, 11) is 2.38. The highest BCUT2D eigenvalue weighted by molar-refractivity contribution is 8.03. The molecule has 0 bridgehead atoms. The molecule has 6 heteroatoms. The molecule has 4 nitrogen and oxygen atoms in total. The maximum absolute atomic E-state index is 2.56. The monoisotopic (exact) mass is 839 g/mol. The molecule has 0 atom stereocenters. The van der Waals surface area contributed by atoms with Crippen LogP contribution in [0.3, 0.4) is 0 Å². The zero-order valence-corrected chi connectivity index (χ0v) is 41.3. The van der Waals surface area contributed by atoms with E-state index < -0.39 is 0 Å². The lowest BCUT2D eigenvalue weighted by Gasteiger charge is -2.23. The zero-order chi connectivity index (χ0) is 43.7. The lowest BCUT2D eigenvalue weighted by Crippen LogP contribution is -2.10. The van der Waals surface area contributed by atoms with Gasteiger partial charge < -0.3 is 0 Å². The van der Waals surface area contributed by atoms with Crippen molar-refractivity contribution in [3.63, 3.8) is 0 Å². The molecular weight excluding hydrogens is 767 g/mol. The van der Waals surface area contributed by atoms with E-state index >= 15 is 0 Å². The van der Waals surface area contributed by atoms with Gasteiger partial charge >= 0.3 is 0 Å². The Morgan fingerprint density at radius 2 is 0.417 bits per heavy atom. The average Bonchev–Trinajstić information content (AvgIpc) is 3.82. The summed E-state index contributed by atoms with van der Waals surface area (Å²) >= 11 is 0. The predicted octanol–water partition coefficient (Wildman–Crippen LogP) is 17.4. The molecule has 2 heterocycles. The molecule has 0 saturated carbocycles. The number of aromatic nitrogens is 4. The SMILES string of the molecule is CC(C)c1cccc(C(C)C)c1-n1ccn(-c2c(C(C)C)cccc2C(C)C)c1=PP=c1n(-c2c(C(C)C)cccc2C(C)C)ccn1-c1c(C(C)C)cccc1C(C)C. The minimum Gasteiger partial charge on any atom is -0.297 e. The third kappa shape index (κ3) is 8.80. The number of hydrogen-bond acceptors (Lipinski definition) is 0. The van der Waals surface area contributed by atoms with Crippen LogP contribution >= 0.6 is 15.8 Å². The van der Waals surface area contributed by atoms with E-state index in [0.29, 0.717) is 47.3 Å². The molecule has 0 spiro atoms. The standard InChI is InChI=1S/C54H72N4P2/c1-33(2)41-21-17-22-42(34(3)4)49(41)55-29-30-56(50-43(35(5)6)23-18-24-44(50)36(7)8)53(55)59-60-54-57(51-45(37(9)10)25-19-26-46(51)38(11)12)31-32-58(54)52-47(39(13)14)27-20-28-48(52)40(15)16/h17-40H,1-16H3. The number of benzene rings is 4. The second-order valence-corrected chi connectivity index (χ2v) is 21.7. The van der Waals surface area contributed by atoms with Gasteiger partial charge in [0.1, 0.15) is 0 Å². The molecule has 318 valence electrons. The number of hydrogen-bond donors (Lipinski definition) is 0. The van der Waals surface area contributed by atoms with Crippen molar-refractivity contribution in [3.8, 4) is 22.7 Å². The van der Waals surface area contributed by atoms with Gasteiger partial charge in [0.15, 0.2) is 10.4 Å². The van der Waals surface area contributed by atoms with Crippen LogP contribution in [0.15, 0.2) is 97.6 Å². The van der Waals surface area contributed by atoms with Crippen molar-refractivity contribution in [1.29, 1.82) is 0 Å². The Morgan fingerprint density at radius 1 is 0.267 bits per heavy atom. The summed E-state index contributed by atoms with van der Waals surface area (Å²) in [6, 6.07) is 27.8. The van der Waals surface area contributed by atoms with Gasteiger partial charge in [-0.2, -0.15) is 0 Å². The fourth-order valence-electron chi connectivity index (χ4n) is 8.91. The van der Waals surface area contributed by atoms with Crippen molar-refractivity contribution in [1.82, 2.24) is 18.3 Å². The van der Waals surface area contributed by atoms with Crippen LogP contribution in [0.5, 0.6) is 0 Å². The first-order valence-electron chi connectivity index (χ1n) is 22.7. The molecule has 6 aromatic rings. The Morgan fingerprint density at radius 3 is 0.550 bits per heavy atom. The van der Waals surface area contributed by atoms with Crippen LogP contribution in [0.25, 0.3) is 22.7 Å². The van der Waals surface area contributed by atoms with Gasteiger partial charge in [0.25, 0.3) is 0 Å². The Kier molecular flexibility index (Phi) is 14.3. The zero-order valence-electron chi connectivity index (χ0n) is 39.5. The molecule has 0 aliphatic rings. The topological polar surface area (TPSA) is 19.7 Å². The van der Waals surface area contributed by atoms with E-state index in [2.05, 4.69) is 227 Å². The second-order valence-electron chi connectivity index (χ2n) is 19.3. The largest absolute Gasteiger partial charge is 0.297 e. The fraction of sp³-hybridized carbons (Fsp3) is 0.444. The van der Waals surface area contributed by atoms with Gasteiger partial charge in [0, 0.05) is 40.6 Å². The van der Waals surface area contributed by atoms with Crippen molar-refractivity contribution in [2.24, 2.45) is 0 Å². The van der Waals surface area contributed by atoms with E-state index in [-0.39, 0.29) is 0 Å². The van der Waals surface area contributed by atoms with Gasteiger partial charge in [-0.3, -0.25) is 18.3 Å². The lowest BCUT2D eigenvalue weighted by atomic mass is 9.92. The third-order valence-electron chi connectivity index (χ3n) is 12.2. The highest BCUT2D eigenvalue weighted by Gasteiger charge is 2.23. The van der Waals surface area contributed by atoms with E-state index in [1.54, 1.807) is 0 Å². The van der Waals surface area contributed by atoms with E-state index in [9.17, 15) is 0 Å². The molecule has 60 heavy (non-hydrogen) atoms. The Balaban J connectivity index is 1.89. The maximum atomic E-state index is 2.56. The summed E-state index contributed by atoms with van der Waals surface area (Å²) in [4.78, 5) is 0. The summed E-state index contributed by atoms with van der Waals surface area (Å²) in [5.74, 6) is 2.96. The first-order chi connectivity index (χ1) is 28.5. The summed E-state index contributed by atoms with van der Waals surface area (Å²) < 4.78 is 10.2. The molecule has 2 aromatic heterocycles. The summed E-state index contributed by atoms with van der Waals surface area (Å²) in [6.07, 6.45) is 9.43. The van der Waals surface area contributed by atoms with Crippen LogP contribution in [0.1, 0.15) is 203 Å². The van der Waals surface area contributed by atoms with Crippen LogP contribution < -0.4 is 0 Å². The van der Waals surface area contributed by atoms with Crippen LogP contribution in [0.4, 0.5) is 0 Å². The van der Waals surface area contributed by atoms with Gasteiger partial charge in [-0.15, -0.1) is 0 Å². The van der Waals surface area contributed by atoms with E-state index in [0.717, 1.165) is 0 Å². The first-order valence-corrected chi connectivity index (χ1v) is 25.2. The summed E-state index contributed by atoms with van der Waals surface area (Å²) in [5.41, 5.74) is 16.4. The molecule has 0 unspecified atom stereocenters. The fourth-order valence-corrected chi connectivity index (χ4v) is 11.8. The Labute approximate surface area is 365 Å². The number of nitrogens with zero attached hydrogens (tertiary/aromatic N) is 4. The third-order valence-corrected chi connectivity index (χ3v) is 14.8. The number of rotatable bonds is 13. The van der Waals surface area contributed by atoms with Crippen LogP contribution in [-0.2, 0) is 0 Å². The Bertz CT molecular complexity index is 2130. The molecule has 0 radical (unpaired) electrons. The minimum absolute atomic E-state index is 0.370. The molecule has 0 N–H and O–H groups in total. The van der Waals surface area contributed by atoms with Gasteiger partial charge in [-0.1, -0.05) is 184 Å². The molecule has 4 aromatic carbocycles. The quantitative estimate of drug-likeness (QED) is 0.103. The normalized spacial score (nSPS) is 12.5. The highest BCUT2D eigenvalue weighted by atomic mass is 32.0. The van der Waals surface area contributed by atoms with Crippen molar-refractivity contribution in [2.75, 3.05) is 0 Å². The number of imidazole rings is 2. The second kappa shape index (κ2) is 18.9. The molecule has 0 aliphatic heterocycles. The number of para-hydroxylation sites is 4. The molecule has 6 rings (SSSR count). The van der Waals surface area contributed by atoms with Gasteiger partial charge in [-0.25, -0.2) is 0 Å². The highest BCUT2D eigenvalue weighted by Crippen LogP contribution is 2.41. The molecule has 0 saturated heterocycles. The van der Waals surface area contributed by atoms with Crippen molar-refractivity contribution in [2.45, 2.75) is 158 Å².